The molecule has 0 spiro atoms. The van der Waals surface area contributed by atoms with Crippen molar-refractivity contribution in [3.63, 3.8) is 0 Å². The van der Waals surface area contributed by atoms with Crippen LogP contribution in [0.3, 0.4) is 0 Å². The standard InChI is InChI=1S/C15H22N2O3.ClH/c1-16-12-4-3-5-17(9-12)8-11-6-13(18-2)15-14(7-11)19-10-20-15;/h6-7,12,16H,3-5,8-10H2,1-2H3;1H. The Morgan fingerprint density at radius 1 is 1.38 bits per heavy atom. The highest BCUT2D eigenvalue weighted by molar-refractivity contribution is 5.85. The van der Waals surface area contributed by atoms with Crippen LogP contribution in [0, 0.1) is 0 Å². The molecule has 2 aliphatic rings. The number of ether oxygens (including phenoxy) is 3. The molecule has 2 aliphatic heterocycles. The Balaban J connectivity index is 0.00000161. The number of rotatable bonds is 4. The number of benzene rings is 1. The maximum absolute atomic E-state index is 5.48. The average Bonchev–Trinajstić information content (AvgIpc) is 2.95. The number of nitrogens with one attached hydrogen (secondary N) is 1. The Kier molecular flexibility index (Phi) is 5.56. The molecule has 1 unspecified atom stereocenters. The molecule has 3 rings (SSSR count). The van der Waals surface area contributed by atoms with Gasteiger partial charge in [0.15, 0.2) is 11.5 Å². The summed E-state index contributed by atoms with van der Waals surface area (Å²) in [6.07, 6.45) is 2.50. The largest absolute Gasteiger partial charge is 0.493 e. The Labute approximate surface area is 132 Å². The fraction of sp³-hybridized carbons (Fsp3) is 0.600. The van der Waals surface area contributed by atoms with Crippen LogP contribution in [0.5, 0.6) is 17.2 Å². The number of likely N-dealkylation sites (N-methyl/N-ethyl adjacent to an activating group) is 1. The first-order chi connectivity index (χ1) is 9.80. The molecule has 0 amide bonds. The van der Waals surface area contributed by atoms with Crippen molar-refractivity contribution in [3.8, 4) is 17.2 Å². The van der Waals surface area contributed by atoms with Crippen molar-refractivity contribution in [2.45, 2.75) is 25.4 Å². The van der Waals surface area contributed by atoms with Gasteiger partial charge < -0.3 is 19.5 Å². The highest BCUT2D eigenvalue weighted by Crippen LogP contribution is 2.42. The van der Waals surface area contributed by atoms with Crippen molar-refractivity contribution in [1.29, 1.82) is 0 Å². The van der Waals surface area contributed by atoms with Crippen molar-refractivity contribution in [1.82, 2.24) is 10.2 Å². The maximum atomic E-state index is 5.48. The van der Waals surface area contributed by atoms with E-state index in [1.807, 2.05) is 7.05 Å². The molecule has 0 aromatic heterocycles. The Morgan fingerprint density at radius 3 is 3.00 bits per heavy atom. The van der Waals surface area contributed by atoms with Gasteiger partial charge >= 0.3 is 0 Å². The molecule has 118 valence electrons. The zero-order valence-electron chi connectivity index (χ0n) is 12.6. The molecule has 0 bridgehead atoms. The van der Waals surface area contributed by atoms with Gasteiger partial charge in [0.05, 0.1) is 7.11 Å². The van der Waals surface area contributed by atoms with E-state index >= 15 is 0 Å². The van der Waals surface area contributed by atoms with E-state index in [1.54, 1.807) is 7.11 Å². The molecule has 1 atom stereocenters. The summed E-state index contributed by atoms with van der Waals surface area (Å²) < 4.78 is 16.3. The molecule has 5 nitrogen and oxygen atoms in total. The second kappa shape index (κ2) is 7.20. The fourth-order valence-electron chi connectivity index (χ4n) is 2.97. The number of likely N-dealkylation sites (tertiary alicyclic amines) is 1. The average molecular weight is 315 g/mol. The number of hydrogen-bond acceptors (Lipinski definition) is 5. The highest BCUT2D eigenvalue weighted by atomic mass is 35.5. The van der Waals surface area contributed by atoms with Crippen LogP contribution in [0.1, 0.15) is 18.4 Å². The molecule has 0 radical (unpaired) electrons. The molecule has 21 heavy (non-hydrogen) atoms. The minimum atomic E-state index is 0. The van der Waals surface area contributed by atoms with Crippen LogP contribution in [-0.4, -0.2) is 45.0 Å². The highest BCUT2D eigenvalue weighted by Gasteiger charge is 2.22. The summed E-state index contributed by atoms with van der Waals surface area (Å²) in [7, 11) is 3.71. The Hall–Kier alpha value is -1.17. The van der Waals surface area contributed by atoms with Gasteiger partial charge in [0.25, 0.3) is 0 Å². The molecule has 2 heterocycles. The zero-order valence-corrected chi connectivity index (χ0v) is 13.4. The van der Waals surface area contributed by atoms with Crippen molar-refractivity contribution in [3.05, 3.63) is 17.7 Å². The summed E-state index contributed by atoms with van der Waals surface area (Å²) in [5.74, 6) is 2.28. The van der Waals surface area contributed by atoms with Crippen molar-refractivity contribution < 1.29 is 14.2 Å². The number of fused-ring (bicyclic) bond motifs is 1. The first kappa shape index (κ1) is 16.2. The van der Waals surface area contributed by atoms with Gasteiger partial charge in [0.2, 0.25) is 12.5 Å². The fourth-order valence-corrected chi connectivity index (χ4v) is 2.97. The second-order valence-electron chi connectivity index (χ2n) is 5.39. The van der Waals surface area contributed by atoms with E-state index < -0.39 is 0 Å². The minimum Gasteiger partial charge on any atom is -0.493 e. The second-order valence-corrected chi connectivity index (χ2v) is 5.39. The van der Waals surface area contributed by atoms with Gasteiger partial charge in [-0.1, -0.05) is 0 Å². The van der Waals surface area contributed by atoms with E-state index in [2.05, 4.69) is 22.3 Å². The minimum absolute atomic E-state index is 0. The molecule has 0 aliphatic carbocycles. The van der Waals surface area contributed by atoms with Gasteiger partial charge in [0, 0.05) is 19.1 Å². The first-order valence-electron chi connectivity index (χ1n) is 7.16. The van der Waals surface area contributed by atoms with Gasteiger partial charge in [0.1, 0.15) is 0 Å². The molecule has 1 N–H and O–H groups in total. The molecule has 6 heteroatoms. The molecular weight excluding hydrogens is 292 g/mol. The molecular formula is C15H23ClN2O3. The van der Waals surface area contributed by atoms with E-state index in [4.69, 9.17) is 14.2 Å². The quantitative estimate of drug-likeness (QED) is 0.921. The third-order valence-electron chi connectivity index (χ3n) is 4.04. The van der Waals surface area contributed by atoms with E-state index in [-0.39, 0.29) is 19.2 Å². The van der Waals surface area contributed by atoms with Crippen LogP contribution in [-0.2, 0) is 6.54 Å². The predicted molar refractivity (Wildman–Crippen MR) is 83.7 cm³/mol. The number of methoxy groups -OCH3 is 1. The predicted octanol–water partition coefficient (Wildman–Crippen LogP) is 2.03. The van der Waals surface area contributed by atoms with Gasteiger partial charge in [-0.15, -0.1) is 12.4 Å². The third kappa shape index (κ3) is 3.54. The van der Waals surface area contributed by atoms with Crippen molar-refractivity contribution >= 4 is 12.4 Å². The Bertz CT molecular complexity index is 484. The van der Waals surface area contributed by atoms with Crippen LogP contribution >= 0.6 is 12.4 Å². The SMILES string of the molecule is CNC1CCCN(Cc2cc(OC)c3c(c2)OCO3)C1.Cl. The van der Waals surface area contributed by atoms with Crippen LogP contribution < -0.4 is 19.5 Å². The van der Waals surface area contributed by atoms with Crippen LogP contribution in [0.25, 0.3) is 0 Å². The van der Waals surface area contributed by atoms with Gasteiger partial charge in [-0.05, 0) is 44.1 Å². The Morgan fingerprint density at radius 2 is 2.24 bits per heavy atom. The topological polar surface area (TPSA) is 43.0 Å². The van der Waals surface area contributed by atoms with E-state index in [1.165, 1.54) is 18.4 Å². The van der Waals surface area contributed by atoms with E-state index in [9.17, 15) is 0 Å². The lowest BCUT2D eigenvalue weighted by Crippen LogP contribution is -2.43. The summed E-state index contributed by atoms with van der Waals surface area (Å²) in [6, 6.07) is 4.71. The summed E-state index contributed by atoms with van der Waals surface area (Å²) in [6.45, 7) is 3.44. The summed E-state index contributed by atoms with van der Waals surface area (Å²) in [5.41, 5.74) is 1.21. The van der Waals surface area contributed by atoms with Gasteiger partial charge in [-0.25, -0.2) is 0 Å². The summed E-state index contributed by atoms with van der Waals surface area (Å²) >= 11 is 0. The molecule has 0 saturated carbocycles. The number of hydrogen-bond donors (Lipinski definition) is 1. The normalized spacial score (nSPS) is 21.0. The van der Waals surface area contributed by atoms with Crippen LogP contribution in [0.2, 0.25) is 0 Å². The van der Waals surface area contributed by atoms with Crippen LogP contribution in [0.4, 0.5) is 0 Å². The van der Waals surface area contributed by atoms with Crippen molar-refractivity contribution in [2.24, 2.45) is 0 Å². The third-order valence-corrected chi connectivity index (χ3v) is 4.04. The lowest BCUT2D eigenvalue weighted by Gasteiger charge is -2.32. The maximum Gasteiger partial charge on any atom is 0.231 e. The van der Waals surface area contributed by atoms with E-state index in [0.717, 1.165) is 36.9 Å². The smallest absolute Gasteiger partial charge is 0.231 e. The number of halogens is 1. The van der Waals surface area contributed by atoms with Gasteiger partial charge in [-0.3, -0.25) is 4.90 Å². The summed E-state index contributed by atoms with van der Waals surface area (Å²) in [5, 5.41) is 3.37. The molecule has 1 aromatic rings. The lowest BCUT2D eigenvalue weighted by atomic mass is 10.0. The van der Waals surface area contributed by atoms with Gasteiger partial charge in [-0.2, -0.15) is 0 Å². The number of nitrogens with zero attached hydrogens (tertiary/aromatic N) is 1. The number of piperidine rings is 1. The first-order valence-corrected chi connectivity index (χ1v) is 7.16. The zero-order chi connectivity index (χ0) is 13.9. The molecule has 1 aromatic carbocycles. The summed E-state index contributed by atoms with van der Waals surface area (Å²) in [4.78, 5) is 2.47. The van der Waals surface area contributed by atoms with Crippen molar-refractivity contribution in [2.75, 3.05) is 34.0 Å². The van der Waals surface area contributed by atoms with Crippen LogP contribution in [0.15, 0.2) is 12.1 Å². The molecule has 1 saturated heterocycles. The lowest BCUT2D eigenvalue weighted by molar-refractivity contribution is 0.171. The van der Waals surface area contributed by atoms with E-state index in [0.29, 0.717) is 6.04 Å². The molecule has 1 fully saturated rings. The monoisotopic (exact) mass is 314 g/mol.